The number of rotatable bonds is 4. The third-order valence-electron chi connectivity index (χ3n) is 5.58. The predicted molar refractivity (Wildman–Crippen MR) is 72.1 cm³/mol. The molecule has 17 heavy (non-hydrogen) atoms. The molecule has 0 aromatic heterocycles. The standard InChI is InChI=1S/C15H28N2/c1-16-11-15(7-2-3-8-15)12-17-9-13-5-4-6-14(13)10-17/h13-14,16H,2-12H2,1H3. The lowest BCUT2D eigenvalue weighted by molar-refractivity contribution is 0.166. The number of nitrogens with zero attached hydrogens (tertiary/aromatic N) is 1. The fraction of sp³-hybridized carbons (Fsp3) is 1.00. The minimum atomic E-state index is 0.618. The molecule has 2 aliphatic carbocycles. The highest BCUT2D eigenvalue weighted by Gasteiger charge is 2.41. The van der Waals surface area contributed by atoms with Crippen LogP contribution in [0.1, 0.15) is 44.9 Å². The summed E-state index contributed by atoms with van der Waals surface area (Å²) >= 11 is 0. The van der Waals surface area contributed by atoms with E-state index in [1.54, 1.807) is 0 Å². The molecule has 0 aromatic carbocycles. The third-order valence-corrected chi connectivity index (χ3v) is 5.58. The van der Waals surface area contributed by atoms with Crippen molar-refractivity contribution in [2.24, 2.45) is 17.3 Å². The number of fused-ring (bicyclic) bond motifs is 1. The lowest BCUT2D eigenvalue weighted by atomic mass is 9.85. The van der Waals surface area contributed by atoms with Crippen molar-refractivity contribution in [2.75, 3.05) is 33.2 Å². The smallest absolute Gasteiger partial charge is 0.00504 e. The summed E-state index contributed by atoms with van der Waals surface area (Å²) in [5.74, 6) is 2.12. The molecule has 2 saturated carbocycles. The molecule has 1 N–H and O–H groups in total. The van der Waals surface area contributed by atoms with Gasteiger partial charge in [-0.2, -0.15) is 0 Å². The van der Waals surface area contributed by atoms with Crippen molar-refractivity contribution in [1.29, 1.82) is 0 Å². The van der Waals surface area contributed by atoms with Crippen molar-refractivity contribution in [3.05, 3.63) is 0 Å². The Morgan fingerprint density at radius 3 is 2.29 bits per heavy atom. The zero-order chi connectivity index (χ0) is 11.7. The third kappa shape index (κ3) is 2.39. The van der Waals surface area contributed by atoms with E-state index < -0.39 is 0 Å². The zero-order valence-electron chi connectivity index (χ0n) is 11.4. The van der Waals surface area contributed by atoms with Gasteiger partial charge in [-0.15, -0.1) is 0 Å². The molecule has 2 nitrogen and oxygen atoms in total. The van der Waals surface area contributed by atoms with E-state index in [0.717, 1.165) is 11.8 Å². The highest BCUT2D eigenvalue weighted by Crippen LogP contribution is 2.42. The van der Waals surface area contributed by atoms with Gasteiger partial charge in [-0.05, 0) is 50.0 Å². The molecular weight excluding hydrogens is 208 g/mol. The molecule has 0 amide bonds. The van der Waals surface area contributed by atoms with E-state index in [0.29, 0.717) is 5.41 Å². The first kappa shape index (κ1) is 12.0. The van der Waals surface area contributed by atoms with Crippen molar-refractivity contribution in [3.8, 4) is 0 Å². The van der Waals surface area contributed by atoms with Gasteiger partial charge in [0.1, 0.15) is 0 Å². The van der Waals surface area contributed by atoms with E-state index in [4.69, 9.17) is 0 Å². The average molecular weight is 236 g/mol. The molecule has 0 radical (unpaired) electrons. The van der Waals surface area contributed by atoms with Gasteiger partial charge in [0.15, 0.2) is 0 Å². The second kappa shape index (κ2) is 4.89. The number of hydrogen-bond donors (Lipinski definition) is 1. The van der Waals surface area contributed by atoms with Crippen LogP contribution in [0.15, 0.2) is 0 Å². The van der Waals surface area contributed by atoms with E-state index in [9.17, 15) is 0 Å². The van der Waals surface area contributed by atoms with Crippen LogP contribution in [0.5, 0.6) is 0 Å². The Balaban J connectivity index is 1.58. The Morgan fingerprint density at radius 2 is 1.71 bits per heavy atom. The highest BCUT2D eigenvalue weighted by molar-refractivity contribution is 4.94. The molecule has 2 unspecified atom stereocenters. The molecule has 2 atom stereocenters. The van der Waals surface area contributed by atoms with Crippen LogP contribution >= 0.6 is 0 Å². The predicted octanol–water partition coefficient (Wildman–Crippen LogP) is 2.50. The lowest BCUT2D eigenvalue weighted by Gasteiger charge is -2.34. The number of hydrogen-bond acceptors (Lipinski definition) is 2. The molecule has 1 heterocycles. The van der Waals surface area contributed by atoms with Crippen LogP contribution in [0, 0.1) is 17.3 Å². The van der Waals surface area contributed by atoms with Crippen LogP contribution in [-0.4, -0.2) is 38.1 Å². The number of nitrogens with one attached hydrogen (secondary N) is 1. The maximum absolute atomic E-state index is 3.45. The molecule has 3 rings (SSSR count). The molecule has 1 saturated heterocycles. The molecule has 98 valence electrons. The molecule has 1 aliphatic heterocycles. The van der Waals surface area contributed by atoms with Gasteiger partial charge in [-0.1, -0.05) is 19.3 Å². The lowest BCUT2D eigenvalue weighted by Crippen LogP contribution is -2.41. The van der Waals surface area contributed by atoms with Gasteiger partial charge >= 0.3 is 0 Å². The second-order valence-electron chi connectivity index (χ2n) is 6.88. The Kier molecular flexibility index (Phi) is 3.45. The van der Waals surface area contributed by atoms with Crippen molar-refractivity contribution < 1.29 is 0 Å². The van der Waals surface area contributed by atoms with Crippen molar-refractivity contribution >= 4 is 0 Å². The first-order chi connectivity index (χ1) is 8.31. The Hall–Kier alpha value is -0.0800. The summed E-state index contributed by atoms with van der Waals surface area (Å²) in [6.07, 6.45) is 10.4. The van der Waals surface area contributed by atoms with E-state index in [-0.39, 0.29) is 0 Å². The van der Waals surface area contributed by atoms with Gasteiger partial charge in [0.2, 0.25) is 0 Å². The first-order valence-electron chi connectivity index (χ1n) is 7.68. The van der Waals surface area contributed by atoms with Crippen LogP contribution in [-0.2, 0) is 0 Å². The summed E-state index contributed by atoms with van der Waals surface area (Å²) in [4.78, 5) is 2.80. The van der Waals surface area contributed by atoms with Crippen LogP contribution in [0.25, 0.3) is 0 Å². The molecule has 3 fully saturated rings. The topological polar surface area (TPSA) is 15.3 Å². The summed E-state index contributed by atoms with van der Waals surface area (Å²) < 4.78 is 0. The van der Waals surface area contributed by atoms with E-state index in [2.05, 4.69) is 17.3 Å². The SMILES string of the molecule is CNCC1(CN2CC3CCCC3C2)CCCC1. The summed E-state index contributed by atoms with van der Waals surface area (Å²) in [6.45, 7) is 5.44. The molecule has 3 aliphatic rings. The van der Waals surface area contributed by atoms with E-state index in [1.165, 1.54) is 71.1 Å². The highest BCUT2D eigenvalue weighted by atomic mass is 15.2. The van der Waals surface area contributed by atoms with Crippen molar-refractivity contribution in [1.82, 2.24) is 10.2 Å². The normalized spacial score (nSPS) is 36.5. The first-order valence-corrected chi connectivity index (χ1v) is 7.68. The van der Waals surface area contributed by atoms with Crippen LogP contribution < -0.4 is 5.32 Å². The average Bonchev–Trinajstić information content (AvgIpc) is 2.94. The van der Waals surface area contributed by atoms with Gasteiger partial charge in [0, 0.05) is 26.2 Å². The fourth-order valence-electron chi connectivity index (χ4n) is 4.83. The van der Waals surface area contributed by atoms with Crippen molar-refractivity contribution in [2.45, 2.75) is 44.9 Å². The summed E-state index contributed by atoms with van der Waals surface area (Å²) in [5, 5.41) is 3.45. The van der Waals surface area contributed by atoms with Gasteiger partial charge in [-0.3, -0.25) is 0 Å². The largest absolute Gasteiger partial charge is 0.319 e. The van der Waals surface area contributed by atoms with Gasteiger partial charge in [-0.25, -0.2) is 0 Å². The van der Waals surface area contributed by atoms with Crippen molar-refractivity contribution in [3.63, 3.8) is 0 Å². The summed E-state index contributed by atoms with van der Waals surface area (Å²) in [7, 11) is 2.12. The zero-order valence-corrected chi connectivity index (χ0v) is 11.4. The van der Waals surface area contributed by atoms with E-state index in [1.807, 2.05) is 0 Å². The van der Waals surface area contributed by atoms with E-state index >= 15 is 0 Å². The molecule has 0 bridgehead atoms. The van der Waals surface area contributed by atoms with Gasteiger partial charge in [0.25, 0.3) is 0 Å². The monoisotopic (exact) mass is 236 g/mol. The fourth-order valence-corrected chi connectivity index (χ4v) is 4.83. The second-order valence-corrected chi connectivity index (χ2v) is 6.88. The quantitative estimate of drug-likeness (QED) is 0.807. The maximum atomic E-state index is 3.45. The summed E-state index contributed by atoms with van der Waals surface area (Å²) in [5.41, 5.74) is 0.618. The van der Waals surface area contributed by atoms with Gasteiger partial charge < -0.3 is 10.2 Å². The minimum Gasteiger partial charge on any atom is -0.319 e. The summed E-state index contributed by atoms with van der Waals surface area (Å²) in [6, 6.07) is 0. The minimum absolute atomic E-state index is 0.618. The molecule has 2 heteroatoms. The number of likely N-dealkylation sites (tertiary alicyclic amines) is 1. The van der Waals surface area contributed by atoms with Crippen LogP contribution in [0.2, 0.25) is 0 Å². The molecule has 0 spiro atoms. The molecular formula is C15H28N2. The Labute approximate surface area is 106 Å². The van der Waals surface area contributed by atoms with Gasteiger partial charge in [0.05, 0.1) is 0 Å². The Morgan fingerprint density at radius 1 is 1.06 bits per heavy atom. The molecule has 0 aromatic rings. The van der Waals surface area contributed by atoms with Crippen LogP contribution in [0.4, 0.5) is 0 Å². The Bertz CT molecular complexity index is 246. The van der Waals surface area contributed by atoms with Crippen LogP contribution in [0.3, 0.4) is 0 Å². The maximum Gasteiger partial charge on any atom is 0.00504 e.